The van der Waals surface area contributed by atoms with Gasteiger partial charge in [0.15, 0.2) is 5.69 Å². The Labute approximate surface area is 150 Å². The minimum atomic E-state index is -0.0815. The highest BCUT2D eigenvalue weighted by Crippen LogP contribution is 2.37. The van der Waals surface area contributed by atoms with Gasteiger partial charge in [-0.1, -0.05) is 23.7 Å². The number of amides is 1. The zero-order valence-electron chi connectivity index (χ0n) is 13.8. The number of hydrogen-bond donors (Lipinski definition) is 3. The highest BCUT2D eigenvalue weighted by Gasteiger charge is 2.29. The first kappa shape index (κ1) is 15.0. The standard InChI is InChI=1S/C19H19ClN4O/c20-13-7-1-4-10-11-5-2-9-15(17(11)22-16(10)13)21-19(25)18-12-6-3-8-14(12)23-24-18/h1,4,7,15,22H,2-3,5-6,8-9H2,(H,21,25)(H,23,24)/t15-/m1/s1. The van der Waals surface area contributed by atoms with E-state index in [-0.39, 0.29) is 11.9 Å². The van der Waals surface area contributed by atoms with Crippen molar-refractivity contribution in [1.82, 2.24) is 20.5 Å². The van der Waals surface area contributed by atoms with E-state index in [1.54, 1.807) is 0 Å². The minimum absolute atomic E-state index is 0.0199. The van der Waals surface area contributed by atoms with Gasteiger partial charge in [0.25, 0.3) is 5.91 Å². The number of rotatable bonds is 2. The average molecular weight is 355 g/mol. The van der Waals surface area contributed by atoms with Gasteiger partial charge in [0, 0.05) is 22.3 Å². The second-order valence-electron chi connectivity index (χ2n) is 6.98. The van der Waals surface area contributed by atoms with Crippen molar-refractivity contribution in [2.24, 2.45) is 0 Å². The topological polar surface area (TPSA) is 73.6 Å². The van der Waals surface area contributed by atoms with Crippen molar-refractivity contribution in [2.45, 2.75) is 44.6 Å². The molecular weight excluding hydrogens is 336 g/mol. The van der Waals surface area contributed by atoms with Crippen LogP contribution in [0.2, 0.25) is 5.02 Å². The van der Waals surface area contributed by atoms with Gasteiger partial charge in [0.05, 0.1) is 16.6 Å². The fourth-order valence-electron chi connectivity index (χ4n) is 4.33. The molecule has 0 unspecified atom stereocenters. The molecule has 2 heterocycles. The van der Waals surface area contributed by atoms with Gasteiger partial charge in [-0.2, -0.15) is 5.10 Å². The summed E-state index contributed by atoms with van der Waals surface area (Å²) in [6, 6.07) is 5.95. The van der Waals surface area contributed by atoms with Crippen LogP contribution in [-0.2, 0) is 19.3 Å². The van der Waals surface area contributed by atoms with Crippen LogP contribution in [0, 0.1) is 0 Å². The maximum absolute atomic E-state index is 12.8. The molecule has 1 atom stereocenters. The molecule has 3 aromatic rings. The van der Waals surface area contributed by atoms with Crippen molar-refractivity contribution < 1.29 is 4.79 Å². The van der Waals surface area contributed by atoms with E-state index in [9.17, 15) is 4.79 Å². The van der Waals surface area contributed by atoms with Crippen LogP contribution in [0.5, 0.6) is 0 Å². The highest BCUT2D eigenvalue weighted by atomic mass is 35.5. The number of nitrogens with zero attached hydrogens (tertiary/aromatic N) is 1. The van der Waals surface area contributed by atoms with E-state index in [4.69, 9.17) is 11.6 Å². The third-order valence-corrected chi connectivity index (χ3v) is 5.83. The fourth-order valence-corrected chi connectivity index (χ4v) is 4.55. The zero-order valence-corrected chi connectivity index (χ0v) is 14.5. The molecule has 5 nitrogen and oxygen atoms in total. The number of carbonyl (C=O) groups excluding carboxylic acids is 1. The van der Waals surface area contributed by atoms with Crippen LogP contribution < -0.4 is 5.32 Å². The van der Waals surface area contributed by atoms with Gasteiger partial charge in [-0.3, -0.25) is 9.89 Å². The maximum atomic E-state index is 12.8. The molecule has 6 heteroatoms. The number of H-pyrrole nitrogens is 2. The number of nitrogens with one attached hydrogen (secondary N) is 3. The summed E-state index contributed by atoms with van der Waals surface area (Å²) in [5.74, 6) is -0.0815. The van der Waals surface area contributed by atoms with Crippen molar-refractivity contribution in [3.05, 3.63) is 51.4 Å². The average Bonchev–Trinajstić information content (AvgIpc) is 3.29. The molecule has 0 aliphatic heterocycles. The zero-order chi connectivity index (χ0) is 17.0. The number of halogens is 1. The molecule has 2 aliphatic rings. The van der Waals surface area contributed by atoms with Gasteiger partial charge >= 0.3 is 0 Å². The van der Waals surface area contributed by atoms with Crippen LogP contribution in [0.1, 0.15) is 58.3 Å². The Morgan fingerprint density at radius 1 is 1.20 bits per heavy atom. The molecule has 0 saturated carbocycles. The van der Waals surface area contributed by atoms with Crippen molar-refractivity contribution in [2.75, 3.05) is 0 Å². The number of carbonyl (C=O) groups is 1. The third-order valence-electron chi connectivity index (χ3n) is 5.52. The molecular formula is C19H19ClN4O. The Balaban J connectivity index is 1.49. The van der Waals surface area contributed by atoms with Gasteiger partial charge < -0.3 is 10.3 Å². The quantitative estimate of drug-likeness (QED) is 0.654. The van der Waals surface area contributed by atoms with E-state index in [1.165, 1.54) is 10.9 Å². The summed E-state index contributed by atoms with van der Waals surface area (Å²) in [5, 5.41) is 12.3. The molecule has 1 amide bonds. The van der Waals surface area contributed by atoms with Gasteiger partial charge in [-0.25, -0.2) is 0 Å². The lowest BCUT2D eigenvalue weighted by molar-refractivity contribution is 0.0926. The second kappa shape index (κ2) is 5.63. The second-order valence-corrected chi connectivity index (χ2v) is 7.39. The number of para-hydroxylation sites is 1. The molecule has 0 bridgehead atoms. The molecule has 0 radical (unpaired) electrons. The van der Waals surface area contributed by atoms with Gasteiger partial charge in [0.2, 0.25) is 0 Å². The Morgan fingerprint density at radius 2 is 2.08 bits per heavy atom. The smallest absolute Gasteiger partial charge is 0.272 e. The van der Waals surface area contributed by atoms with Gasteiger partial charge in [-0.05, 0) is 50.2 Å². The molecule has 5 rings (SSSR count). The Hall–Kier alpha value is -2.27. The Kier molecular flexibility index (Phi) is 3.38. The van der Waals surface area contributed by atoms with Crippen LogP contribution in [-0.4, -0.2) is 21.1 Å². The van der Waals surface area contributed by atoms with Gasteiger partial charge in [-0.15, -0.1) is 0 Å². The van der Waals surface area contributed by atoms with Crippen LogP contribution in [0.25, 0.3) is 10.9 Å². The molecule has 128 valence electrons. The monoisotopic (exact) mass is 354 g/mol. The van der Waals surface area contributed by atoms with Crippen LogP contribution in [0.3, 0.4) is 0 Å². The number of benzene rings is 1. The summed E-state index contributed by atoms with van der Waals surface area (Å²) >= 11 is 6.34. The van der Waals surface area contributed by atoms with E-state index >= 15 is 0 Å². The summed E-state index contributed by atoms with van der Waals surface area (Å²) in [6.45, 7) is 0. The SMILES string of the molecule is O=C(N[C@@H]1CCCc2c1[nH]c1c(Cl)cccc21)c1n[nH]c2c1CCC2. The van der Waals surface area contributed by atoms with Crippen molar-refractivity contribution in [3.8, 4) is 0 Å². The third kappa shape index (κ3) is 2.29. The summed E-state index contributed by atoms with van der Waals surface area (Å²) < 4.78 is 0. The lowest BCUT2D eigenvalue weighted by Crippen LogP contribution is -2.31. The first-order valence-electron chi connectivity index (χ1n) is 8.88. The molecule has 1 aromatic carbocycles. The summed E-state index contributed by atoms with van der Waals surface area (Å²) in [4.78, 5) is 16.3. The number of aromatic nitrogens is 3. The molecule has 3 N–H and O–H groups in total. The summed E-state index contributed by atoms with van der Waals surface area (Å²) in [6.07, 6.45) is 6.01. The van der Waals surface area contributed by atoms with Crippen molar-refractivity contribution >= 4 is 28.4 Å². The van der Waals surface area contributed by atoms with E-state index in [2.05, 4.69) is 26.6 Å². The lowest BCUT2D eigenvalue weighted by atomic mass is 9.91. The first-order valence-corrected chi connectivity index (χ1v) is 9.26. The first-order chi connectivity index (χ1) is 12.2. The molecule has 25 heavy (non-hydrogen) atoms. The summed E-state index contributed by atoms with van der Waals surface area (Å²) in [5.41, 5.74) is 6.11. The predicted octanol–water partition coefficient (Wildman–Crippen LogP) is 3.84. The number of aromatic amines is 2. The number of aryl methyl sites for hydroxylation is 2. The van der Waals surface area contributed by atoms with E-state index in [1.807, 2.05) is 12.1 Å². The molecule has 0 saturated heterocycles. The highest BCUT2D eigenvalue weighted by molar-refractivity contribution is 6.35. The number of hydrogen-bond acceptors (Lipinski definition) is 2. The Morgan fingerprint density at radius 3 is 3.00 bits per heavy atom. The van der Waals surface area contributed by atoms with Crippen molar-refractivity contribution in [3.63, 3.8) is 0 Å². The fraction of sp³-hybridized carbons (Fsp3) is 0.368. The summed E-state index contributed by atoms with van der Waals surface area (Å²) in [7, 11) is 0. The molecule has 2 aromatic heterocycles. The van der Waals surface area contributed by atoms with E-state index < -0.39 is 0 Å². The van der Waals surface area contributed by atoms with Crippen molar-refractivity contribution in [1.29, 1.82) is 0 Å². The van der Waals surface area contributed by atoms with Gasteiger partial charge in [0.1, 0.15) is 0 Å². The number of fused-ring (bicyclic) bond motifs is 4. The molecule has 0 fully saturated rings. The lowest BCUT2D eigenvalue weighted by Gasteiger charge is -2.23. The van der Waals surface area contributed by atoms with E-state index in [0.29, 0.717) is 5.69 Å². The largest absolute Gasteiger partial charge is 0.355 e. The van der Waals surface area contributed by atoms with Crippen LogP contribution >= 0.6 is 11.6 Å². The van der Waals surface area contributed by atoms with E-state index in [0.717, 1.165) is 66.0 Å². The normalized spacial score (nSPS) is 19.0. The predicted molar refractivity (Wildman–Crippen MR) is 97.1 cm³/mol. The minimum Gasteiger partial charge on any atom is -0.355 e. The van der Waals surface area contributed by atoms with Crippen LogP contribution in [0.15, 0.2) is 18.2 Å². The maximum Gasteiger partial charge on any atom is 0.272 e. The Bertz CT molecular complexity index is 987. The molecule has 2 aliphatic carbocycles. The van der Waals surface area contributed by atoms with Crippen LogP contribution in [0.4, 0.5) is 0 Å². The molecule has 0 spiro atoms.